The number of fused-ring (bicyclic) bond motifs is 1. The van der Waals surface area contributed by atoms with Gasteiger partial charge in [0, 0.05) is 11.9 Å². The van der Waals surface area contributed by atoms with E-state index in [2.05, 4.69) is 22.1 Å². The van der Waals surface area contributed by atoms with E-state index >= 15 is 0 Å². The van der Waals surface area contributed by atoms with E-state index in [0.29, 0.717) is 16.9 Å². The molecule has 2 aromatic heterocycles. The van der Waals surface area contributed by atoms with Crippen LogP contribution in [0.4, 0.5) is 4.79 Å². The minimum absolute atomic E-state index is 0.209. The predicted molar refractivity (Wildman–Crippen MR) is 94.2 cm³/mol. The highest BCUT2D eigenvalue weighted by molar-refractivity contribution is 5.86. The van der Waals surface area contributed by atoms with Gasteiger partial charge in [-0.2, -0.15) is 0 Å². The van der Waals surface area contributed by atoms with Gasteiger partial charge in [0.2, 0.25) is 0 Å². The Balaban J connectivity index is 1.82. The van der Waals surface area contributed by atoms with Gasteiger partial charge in [-0.15, -0.1) is 0 Å². The topological polar surface area (TPSA) is 80.1 Å². The average molecular weight is 333 g/mol. The highest BCUT2D eigenvalue weighted by atomic mass is 16.7. The lowest BCUT2D eigenvalue weighted by Crippen LogP contribution is -2.03. The minimum atomic E-state index is -1.36. The number of nitrogens with zero attached hydrogens (tertiary/aromatic N) is 2. The van der Waals surface area contributed by atoms with Gasteiger partial charge >= 0.3 is 6.16 Å². The van der Waals surface area contributed by atoms with Crippen LogP contribution < -0.4 is 4.74 Å². The van der Waals surface area contributed by atoms with E-state index in [-0.39, 0.29) is 5.75 Å². The Bertz CT molecular complexity index is 1060. The number of benzene rings is 2. The number of aromatic amines is 1. The number of aryl methyl sites for hydroxylation is 1. The van der Waals surface area contributed by atoms with Gasteiger partial charge < -0.3 is 19.4 Å². The highest BCUT2D eigenvalue weighted by Crippen LogP contribution is 2.29. The number of aromatic nitrogens is 3. The molecule has 25 heavy (non-hydrogen) atoms. The van der Waals surface area contributed by atoms with Gasteiger partial charge in [-0.3, -0.25) is 0 Å². The Morgan fingerprint density at radius 3 is 2.68 bits per heavy atom. The third kappa shape index (κ3) is 2.74. The van der Waals surface area contributed by atoms with E-state index in [0.717, 1.165) is 11.4 Å². The van der Waals surface area contributed by atoms with Crippen molar-refractivity contribution in [1.29, 1.82) is 0 Å². The first kappa shape index (κ1) is 15.0. The van der Waals surface area contributed by atoms with Crippen LogP contribution in [0.2, 0.25) is 0 Å². The Morgan fingerprint density at radius 1 is 1.12 bits per heavy atom. The Labute approximate surface area is 143 Å². The van der Waals surface area contributed by atoms with E-state index < -0.39 is 6.16 Å². The van der Waals surface area contributed by atoms with Crippen molar-refractivity contribution in [3.63, 3.8) is 0 Å². The molecular formula is C19H15N3O3. The normalized spacial score (nSPS) is 10.9. The van der Waals surface area contributed by atoms with Crippen LogP contribution in [0, 0.1) is 6.92 Å². The maximum Gasteiger partial charge on any atom is 0.511 e. The number of para-hydroxylation sites is 1. The summed E-state index contributed by atoms with van der Waals surface area (Å²) in [6.45, 7) is 2.05. The number of hydrogen-bond acceptors (Lipinski definition) is 3. The number of nitrogens with one attached hydrogen (secondary N) is 1. The van der Waals surface area contributed by atoms with Crippen LogP contribution in [0.25, 0.3) is 28.2 Å². The van der Waals surface area contributed by atoms with Gasteiger partial charge in [0.05, 0.1) is 11.2 Å². The van der Waals surface area contributed by atoms with Crippen molar-refractivity contribution in [3.8, 4) is 23.0 Å². The third-order valence-electron chi connectivity index (χ3n) is 3.98. The molecular weight excluding hydrogens is 318 g/mol. The number of hydrogen-bond donors (Lipinski definition) is 2. The van der Waals surface area contributed by atoms with Crippen LogP contribution in [0.3, 0.4) is 0 Å². The smallest absolute Gasteiger partial charge is 0.449 e. The Kier molecular flexibility index (Phi) is 3.50. The van der Waals surface area contributed by atoms with E-state index in [9.17, 15) is 4.79 Å². The van der Waals surface area contributed by atoms with Gasteiger partial charge in [-0.25, -0.2) is 9.78 Å². The number of imidazole rings is 1. The monoisotopic (exact) mass is 333 g/mol. The standard InChI is InChI=1S/C19H15N3O3/c1-12-7-9-13(10-8-12)22-11-3-5-15(22)18-20-14-4-2-6-16(17(14)21-18)25-19(23)24/h2-11H,1H3,(H,20,21)(H,23,24). The lowest BCUT2D eigenvalue weighted by molar-refractivity contribution is 0.145. The highest BCUT2D eigenvalue weighted by Gasteiger charge is 2.14. The van der Waals surface area contributed by atoms with E-state index in [1.807, 2.05) is 48.0 Å². The summed E-state index contributed by atoms with van der Waals surface area (Å²) in [6.07, 6.45) is 0.599. The molecule has 4 rings (SSSR count). The molecule has 4 aromatic rings. The molecule has 6 nitrogen and oxygen atoms in total. The lowest BCUT2D eigenvalue weighted by atomic mass is 10.2. The number of rotatable bonds is 3. The number of carbonyl (C=O) groups is 1. The molecule has 0 fully saturated rings. The van der Waals surface area contributed by atoms with E-state index in [1.54, 1.807) is 12.1 Å². The maximum atomic E-state index is 10.9. The molecule has 2 N–H and O–H groups in total. The first-order valence-corrected chi connectivity index (χ1v) is 7.76. The fourth-order valence-electron chi connectivity index (χ4n) is 2.81. The first-order valence-electron chi connectivity index (χ1n) is 7.76. The van der Waals surface area contributed by atoms with Crippen LogP contribution >= 0.6 is 0 Å². The van der Waals surface area contributed by atoms with Gasteiger partial charge in [0.15, 0.2) is 11.6 Å². The Hall–Kier alpha value is -3.54. The molecule has 2 aromatic carbocycles. The molecule has 0 atom stereocenters. The summed E-state index contributed by atoms with van der Waals surface area (Å²) in [5.74, 6) is 0.850. The van der Waals surface area contributed by atoms with Crippen molar-refractivity contribution >= 4 is 17.2 Å². The zero-order valence-electron chi connectivity index (χ0n) is 13.4. The lowest BCUT2D eigenvalue weighted by Gasteiger charge is -2.07. The molecule has 2 heterocycles. The summed E-state index contributed by atoms with van der Waals surface area (Å²) < 4.78 is 6.84. The van der Waals surface area contributed by atoms with Gasteiger partial charge in [-0.1, -0.05) is 23.8 Å². The molecule has 0 saturated carbocycles. The molecule has 0 aliphatic rings. The number of ether oxygens (including phenoxy) is 1. The third-order valence-corrected chi connectivity index (χ3v) is 3.98. The zero-order valence-corrected chi connectivity index (χ0v) is 13.4. The molecule has 0 spiro atoms. The molecule has 124 valence electrons. The molecule has 0 aliphatic heterocycles. The van der Waals surface area contributed by atoms with Crippen LogP contribution in [0.1, 0.15) is 5.56 Å². The van der Waals surface area contributed by atoms with Gasteiger partial charge in [-0.05, 0) is 43.3 Å². The Morgan fingerprint density at radius 2 is 1.92 bits per heavy atom. The van der Waals surface area contributed by atoms with Gasteiger partial charge in [0.1, 0.15) is 5.52 Å². The van der Waals surface area contributed by atoms with Crippen LogP contribution in [0.15, 0.2) is 60.8 Å². The first-order chi connectivity index (χ1) is 12.1. The van der Waals surface area contributed by atoms with Crippen molar-refractivity contribution < 1.29 is 14.6 Å². The van der Waals surface area contributed by atoms with Crippen molar-refractivity contribution in [1.82, 2.24) is 14.5 Å². The van der Waals surface area contributed by atoms with Crippen LogP contribution in [-0.4, -0.2) is 25.8 Å². The number of H-pyrrole nitrogens is 1. The largest absolute Gasteiger partial charge is 0.511 e. The van der Waals surface area contributed by atoms with Crippen molar-refractivity contribution in [2.24, 2.45) is 0 Å². The SMILES string of the molecule is Cc1ccc(-n2cccc2-c2nc3c(OC(=O)O)cccc3[nH]2)cc1. The molecule has 0 bridgehead atoms. The second kappa shape index (κ2) is 5.83. The summed E-state index contributed by atoms with van der Waals surface area (Å²) >= 11 is 0. The maximum absolute atomic E-state index is 10.9. The molecule has 0 aliphatic carbocycles. The quantitative estimate of drug-likeness (QED) is 0.430. The summed E-state index contributed by atoms with van der Waals surface area (Å²) in [7, 11) is 0. The molecule has 0 radical (unpaired) electrons. The summed E-state index contributed by atoms with van der Waals surface area (Å²) in [5, 5.41) is 8.87. The van der Waals surface area contributed by atoms with Crippen molar-refractivity contribution in [2.45, 2.75) is 6.92 Å². The van der Waals surface area contributed by atoms with E-state index in [4.69, 9.17) is 9.84 Å². The predicted octanol–water partition coefficient (Wildman–Crippen LogP) is 4.39. The second-order valence-electron chi connectivity index (χ2n) is 5.70. The average Bonchev–Trinajstić information content (AvgIpc) is 3.21. The molecule has 0 saturated heterocycles. The van der Waals surface area contributed by atoms with Crippen molar-refractivity contribution in [2.75, 3.05) is 0 Å². The summed E-state index contributed by atoms with van der Waals surface area (Å²) in [6, 6.07) is 17.2. The fraction of sp³-hybridized carbons (Fsp3) is 0.0526. The number of carboxylic acid groups (broad SMARTS) is 1. The van der Waals surface area contributed by atoms with Crippen LogP contribution in [0.5, 0.6) is 5.75 Å². The van der Waals surface area contributed by atoms with Crippen LogP contribution in [-0.2, 0) is 0 Å². The zero-order chi connectivity index (χ0) is 17.4. The molecule has 0 unspecified atom stereocenters. The minimum Gasteiger partial charge on any atom is -0.449 e. The summed E-state index contributed by atoms with van der Waals surface area (Å²) in [5.41, 5.74) is 4.29. The summed E-state index contributed by atoms with van der Waals surface area (Å²) in [4.78, 5) is 18.6. The van der Waals surface area contributed by atoms with Crippen molar-refractivity contribution in [3.05, 3.63) is 66.4 Å². The van der Waals surface area contributed by atoms with Gasteiger partial charge in [0.25, 0.3) is 0 Å². The molecule has 0 amide bonds. The fourth-order valence-corrected chi connectivity index (χ4v) is 2.81. The molecule has 6 heteroatoms. The second-order valence-corrected chi connectivity index (χ2v) is 5.70. The van der Waals surface area contributed by atoms with E-state index in [1.165, 1.54) is 5.56 Å².